The summed E-state index contributed by atoms with van der Waals surface area (Å²) in [6, 6.07) is 26.1. The van der Waals surface area contributed by atoms with Gasteiger partial charge in [0.05, 0.1) is 11.3 Å². The van der Waals surface area contributed by atoms with E-state index in [0.29, 0.717) is 16.6 Å². The summed E-state index contributed by atoms with van der Waals surface area (Å²) in [5, 5.41) is 7.05. The maximum Gasteiger partial charge on any atom is 0.417 e. The van der Waals surface area contributed by atoms with Gasteiger partial charge < -0.3 is 0 Å². The minimum Gasteiger partial charge on any atom is -0.256 e. The first kappa shape index (κ1) is 19.7. The Kier molecular flexibility index (Phi) is 4.21. The third-order valence-corrected chi connectivity index (χ3v) is 6.35. The van der Waals surface area contributed by atoms with Crippen LogP contribution in [0.2, 0.25) is 0 Å². The second-order valence-electron chi connectivity index (χ2n) is 8.45. The number of aromatic nitrogens is 1. The Morgan fingerprint density at radius 1 is 0.606 bits per heavy atom. The highest BCUT2D eigenvalue weighted by atomic mass is 19.4. The van der Waals surface area contributed by atoms with E-state index < -0.39 is 11.7 Å². The summed E-state index contributed by atoms with van der Waals surface area (Å²) in [5.41, 5.74) is 1.57. The highest BCUT2D eigenvalue weighted by molar-refractivity contribution is 6.19. The molecule has 0 aliphatic rings. The number of aryl methyl sites for hydroxylation is 1. The maximum absolute atomic E-state index is 13.9. The first-order valence-corrected chi connectivity index (χ1v) is 10.7. The van der Waals surface area contributed by atoms with Gasteiger partial charge >= 0.3 is 6.18 Å². The molecule has 33 heavy (non-hydrogen) atoms. The number of hydrogen-bond acceptors (Lipinski definition) is 1. The van der Waals surface area contributed by atoms with Gasteiger partial charge in [0.25, 0.3) is 0 Å². The summed E-state index contributed by atoms with van der Waals surface area (Å²) >= 11 is 0. The molecule has 1 aromatic heterocycles. The summed E-state index contributed by atoms with van der Waals surface area (Å²) in [6.07, 6.45) is -2.77. The van der Waals surface area contributed by atoms with E-state index in [1.807, 2.05) is 18.2 Å². The number of hydrogen-bond donors (Lipinski definition) is 0. The van der Waals surface area contributed by atoms with E-state index in [1.54, 1.807) is 30.5 Å². The molecular weight excluding hydrogens is 419 g/mol. The van der Waals surface area contributed by atoms with Gasteiger partial charge in [-0.05, 0) is 62.8 Å². The number of benzene rings is 5. The Morgan fingerprint density at radius 3 is 2.12 bits per heavy atom. The molecule has 0 aliphatic carbocycles. The standard InChI is InChI=1S/C29H18F3N/c1-17-6-8-21-19(14-17)7-9-24-23(21)10-11-26-25(24)12-13-33-28(26)20-15-18-4-2-3-5-22(18)27(16-20)29(30,31)32/h2-16H,1H3. The Bertz CT molecular complexity index is 1710. The highest BCUT2D eigenvalue weighted by Gasteiger charge is 2.33. The average Bonchev–Trinajstić information content (AvgIpc) is 2.81. The number of nitrogens with zero attached hydrogens (tertiary/aromatic N) is 1. The van der Waals surface area contributed by atoms with E-state index in [2.05, 4.69) is 42.2 Å². The molecule has 0 aliphatic heterocycles. The Hall–Kier alpha value is -3.92. The molecule has 0 N–H and O–H groups in total. The van der Waals surface area contributed by atoms with E-state index in [4.69, 9.17) is 0 Å². The number of rotatable bonds is 1. The molecule has 4 heteroatoms. The molecule has 0 spiro atoms. The normalized spacial score (nSPS) is 12.2. The van der Waals surface area contributed by atoms with Crippen LogP contribution in [0.3, 0.4) is 0 Å². The van der Waals surface area contributed by atoms with Crippen LogP contribution in [0, 0.1) is 6.92 Å². The third kappa shape index (κ3) is 3.13. The van der Waals surface area contributed by atoms with Crippen molar-refractivity contribution in [2.45, 2.75) is 13.1 Å². The minimum atomic E-state index is -4.45. The predicted molar refractivity (Wildman–Crippen MR) is 129 cm³/mol. The van der Waals surface area contributed by atoms with Crippen molar-refractivity contribution in [1.29, 1.82) is 0 Å². The predicted octanol–water partition coefficient (Wildman–Crippen LogP) is 8.69. The third-order valence-electron chi connectivity index (χ3n) is 6.35. The molecule has 0 saturated heterocycles. The van der Waals surface area contributed by atoms with Crippen LogP contribution in [0.5, 0.6) is 0 Å². The SMILES string of the molecule is Cc1ccc2c(ccc3c4ccnc(-c5cc(C(F)(F)F)c6ccccc6c5)c4ccc23)c1. The van der Waals surface area contributed by atoms with Gasteiger partial charge in [0, 0.05) is 17.1 Å². The first-order valence-electron chi connectivity index (χ1n) is 10.7. The molecule has 0 saturated carbocycles. The van der Waals surface area contributed by atoms with E-state index in [0.717, 1.165) is 26.9 Å². The Balaban J connectivity index is 1.66. The van der Waals surface area contributed by atoms with Crippen LogP contribution in [-0.4, -0.2) is 4.98 Å². The smallest absolute Gasteiger partial charge is 0.256 e. The van der Waals surface area contributed by atoms with Crippen molar-refractivity contribution < 1.29 is 13.2 Å². The second-order valence-corrected chi connectivity index (χ2v) is 8.45. The quantitative estimate of drug-likeness (QED) is 0.235. The van der Waals surface area contributed by atoms with Crippen molar-refractivity contribution in [2.24, 2.45) is 0 Å². The van der Waals surface area contributed by atoms with E-state index in [1.165, 1.54) is 23.1 Å². The molecular formula is C29H18F3N. The molecule has 0 radical (unpaired) electrons. The number of alkyl halides is 3. The van der Waals surface area contributed by atoms with Crippen LogP contribution in [0.1, 0.15) is 11.1 Å². The molecule has 5 aromatic carbocycles. The summed E-state index contributed by atoms with van der Waals surface area (Å²) in [5.74, 6) is 0. The van der Waals surface area contributed by atoms with E-state index >= 15 is 0 Å². The lowest BCUT2D eigenvalue weighted by Crippen LogP contribution is -2.06. The lowest BCUT2D eigenvalue weighted by Gasteiger charge is -2.15. The van der Waals surface area contributed by atoms with Crippen molar-refractivity contribution >= 4 is 43.1 Å². The zero-order valence-electron chi connectivity index (χ0n) is 17.7. The fourth-order valence-corrected chi connectivity index (χ4v) is 4.84. The van der Waals surface area contributed by atoms with Gasteiger partial charge in [-0.15, -0.1) is 0 Å². The monoisotopic (exact) mass is 437 g/mol. The van der Waals surface area contributed by atoms with E-state index in [-0.39, 0.29) is 5.39 Å². The minimum absolute atomic E-state index is 0.196. The molecule has 1 heterocycles. The molecule has 0 unspecified atom stereocenters. The van der Waals surface area contributed by atoms with Gasteiger partial charge in [0.15, 0.2) is 0 Å². The number of halogens is 3. The highest BCUT2D eigenvalue weighted by Crippen LogP contribution is 2.40. The zero-order valence-corrected chi connectivity index (χ0v) is 17.7. The lowest BCUT2D eigenvalue weighted by molar-refractivity contribution is -0.136. The van der Waals surface area contributed by atoms with Gasteiger partial charge in [-0.1, -0.05) is 72.3 Å². The summed E-state index contributed by atoms with van der Waals surface area (Å²) in [4.78, 5) is 4.52. The van der Waals surface area contributed by atoms with Crippen molar-refractivity contribution in [2.75, 3.05) is 0 Å². The van der Waals surface area contributed by atoms with Crippen molar-refractivity contribution in [3.63, 3.8) is 0 Å². The molecule has 1 nitrogen and oxygen atoms in total. The maximum atomic E-state index is 13.9. The fraction of sp³-hybridized carbons (Fsp3) is 0.0690. The Morgan fingerprint density at radius 2 is 1.27 bits per heavy atom. The zero-order chi connectivity index (χ0) is 22.7. The number of fused-ring (bicyclic) bond motifs is 6. The van der Waals surface area contributed by atoms with Gasteiger partial charge in [-0.25, -0.2) is 0 Å². The molecule has 6 aromatic rings. The van der Waals surface area contributed by atoms with Crippen molar-refractivity contribution in [3.05, 3.63) is 102 Å². The van der Waals surface area contributed by atoms with Crippen molar-refractivity contribution in [3.8, 4) is 11.3 Å². The summed E-state index contributed by atoms with van der Waals surface area (Å²) in [7, 11) is 0. The van der Waals surface area contributed by atoms with Gasteiger partial charge in [-0.2, -0.15) is 13.2 Å². The molecule has 0 fully saturated rings. The van der Waals surface area contributed by atoms with Gasteiger partial charge in [-0.3, -0.25) is 4.98 Å². The molecule has 0 amide bonds. The Labute approximate surface area is 188 Å². The largest absolute Gasteiger partial charge is 0.417 e. The van der Waals surface area contributed by atoms with Gasteiger partial charge in [0.1, 0.15) is 0 Å². The first-order chi connectivity index (χ1) is 15.9. The lowest BCUT2D eigenvalue weighted by atomic mass is 9.93. The number of pyridine rings is 1. The molecule has 160 valence electrons. The van der Waals surface area contributed by atoms with E-state index in [9.17, 15) is 13.2 Å². The van der Waals surface area contributed by atoms with Crippen LogP contribution in [0.15, 0.2) is 91.1 Å². The van der Waals surface area contributed by atoms with Crippen LogP contribution in [-0.2, 0) is 6.18 Å². The average molecular weight is 437 g/mol. The summed E-state index contributed by atoms with van der Waals surface area (Å²) in [6.45, 7) is 2.07. The molecule has 6 rings (SSSR count). The fourth-order valence-electron chi connectivity index (χ4n) is 4.84. The second kappa shape index (κ2) is 7.04. The van der Waals surface area contributed by atoms with Crippen LogP contribution < -0.4 is 0 Å². The summed E-state index contributed by atoms with van der Waals surface area (Å²) < 4.78 is 41.7. The topological polar surface area (TPSA) is 12.9 Å². The van der Waals surface area contributed by atoms with Crippen LogP contribution in [0.4, 0.5) is 13.2 Å². The van der Waals surface area contributed by atoms with Crippen LogP contribution in [0.25, 0.3) is 54.3 Å². The molecule has 0 bridgehead atoms. The molecule has 0 atom stereocenters. The van der Waals surface area contributed by atoms with Crippen LogP contribution >= 0.6 is 0 Å². The van der Waals surface area contributed by atoms with Crippen molar-refractivity contribution in [1.82, 2.24) is 4.98 Å². The van der Waals surface area contributed by atoms with Gasteiger partial charge in [0.2, 0.25) is 0 Å².